The minimum atomic E-state index is 0.471. The molecule has 0 aliphatic heterocycles. The van der Waals surface area contributed by atoms with Gasteiger partial charge in [-0.3, -0.25) is 0 Å². The van der Waals surface area contributed by atoms with Crippen LogP contribution in [0.25, 0.3) is 0 Å². The minimum absolute atomic E-state index is 0.471. The largest absolute Gasteiger partial charge is 0.103 e. The van der Waals surface area contributed by atoms with Crippen molar-refractivity contribution in [2.45, 2.75) is 33.6 Å². The molecule has 0 bridgehead atoms. The molecule has 0 aliphatic rings. The lowest BCUT2D eigenvalue weighted by molar-refractivity contribution is 0.673. The van der Waals surface area contributed by atoms with E-state index in [9.17, 15) is 0 Å². The molecule has 0 aromatic heterocycles. The number of hydrogen-bond acceptors (Lipinski definition) is 0. The summed E-state index contributed by atoms with van der Waals surface area (Å²) in [5, 5.41) is 0. The van der Waals surface area contributed by atoms with Crippen LogP contribution in [0.4, 0.5) is 0 Å². The summed E-state index contributed by atoms with van der Waals surface area (Å²) in [5.41, 5.74) is 0. The van der Waals surface area contributed by atoms with E-state index in [-0.39, 0.29) is 0 Å². The molecule has 57 valence electrons. The van der Waals surface area contributed by atoms with E-state index >= 15 is 0 Å². The number of hydrogen-bond donors (Lipinski definition) is 0. The highest BCUT2D eigenvalue weighted by molar-refractivity contribution is 5.02. The van der Waals surface area contributed by atoms with Crippen LogP contribution in [0.5, 0.6) is 0 Å². The monoisotopic (exact) mass is 137 g/mol. The van der Waals surface area contributed by atoms with Crippen LogP contribution < -0.4 is 0 Å². The highest BCUT2D eigenvalue weighted by atomic mass is 13.9. The summed E-state index contributed by atoms with van der Waals surface area (Å²) in [6.07, 6.45) is 1.94. The molecule has 0 aliphatic carbocycles. The van der Waals surface area contributed by atoms with E-state index in [2.05, 4.69) is 39.5 Å². The normalized spacial score (nSPS) is 12.5. The maximum Gasteiger partial charge on any atom is 0.0174 e. The maximum absolute atomic E-state index is 3.78. The first-order valence-corrected chi connectivity index (χ1v) is 3.94. The summed E-state index contributed by atoms with van der Waals surface area (Å²) in [7, 11) is 0. The molecule has 0 N–H and O–H groups in total. The van der Waals surface area contributed by atoms with Gasteiger partial charge in [0.2, 0.25) is 0 Å². The van der Waals surface area contributed by atoms with Gasteiger partial charge in [0.1, 0.15) is 0 Å². The van der Waals surface area contributed by atoms with Gasteiger partial charge in [0.05, 0.1) is 0 Å². The average Bonchev–Trinajstić information content (AvgIpc) is 1.87. The fourth-order valence-corrected chi connectivity index (χ4v) is 0.509. The highest BCUT2D eigenvalue weighted by Gasteiger charge is 1.90. The van der Waals surface area contributed by atoms with Gasteiger partial charge in [-0.2, -0.15) is 0 Å². The van der Waals surface area contributed by atoms with Gasteiger partial charge in [-0.15, -0.1) is 11.8 Å². The van der Waals surface area contributed by atoms with Gasteiger partial charge < -0.3 is 0 Å². The molecule has 0 spiro atoms. The zero-order valence-electron chi connectivity index (χ0n) is 7.28. The van der Waals surface area contributed by atoms with Crippen LogP contribution in [-0.2, 0) is 0 Å². The molecule has 1 atom stereocenters. The van der Waals surface area contributed by atoms with Gasteiger partial charge in [0.15, 0.2) is 0 Å². The molecule has 0 heteroatoms. The van der Waals surface area contributed by atoms with Crippen molar-refractivity contribution < 1.29 is 0 Å². The van der Waals surface area contributed by atoms with E-state index in [4.69, 9.17) is 0 Å². The van der Waals surface area contributed by atoms with Crippen LogP contribution >= 0.6 is 0 Å². The predicted molar refractivity (Wildman–Crippen MR) is 46.4 cm³/mol. The van der Waals surface area contributed by atoms with Gasteiger partial charge >= 0.3 is 0 Å². The second-order valence-corrected chi connectivity index (χ2v) is 3.11. The van der Waals surface area contributed by atoms with Crippen LogP contribution in [0.15, 0.2) is 0 Å². The Bertz CT molecular complexity index is 123. The van der Waals surface area contributed by atoms with E-state index in [0.717, 1.165) is 12.8 Å². The molecular weight excluding hydrogens is 120 g/mol. The Morgan fingerprint density at radius 3 is 2.30 bits per heavy atom. The summed E-state index contributed by atoms with van der Waals surface area (Å²) >= 11 is 0. The highest BCUT2D eigenvalue weighted by Crippen LogP contribution is 1.99. The third-order valence-corrected chi connectivity index (χ3v) is 1.29. The molecule has 0 aromatic rings. The van der Waals surface area contributed by atoms with E-state index in [1.54, 1.807) is 0 Å². The molecule has 1 radical (unpaired) electrons. The zero-order chi connectivity index (χ0) is 7.98. The van der Waals surface area contributed by atoms with E-state index in [0.29, 0.717) is 11.8 Å². The van der Waals surface area contributed by atoms with Crippen LogP contribution in [-0.4, -0.2) is 0 Å². The Morgan fingerprint density at radius 2 is 1.90 bits per heavy atom. The summed E-state index contributed by atoms with van der Waals surface area (Å²) in [4.78, 5) is 0. The van der Waals surface area contributed by atoms with Crippen LogP contribution in [0.1, 0.15) is 33.6 Å². The average molecular weight is 137 g/mol. The number of rotatable bonds is 2. The van der Waals surface area contributed by atoms with Gasteiger partial charge in [-0.1, -0.05) is 27.7 Å². The standard InChI is InChI=1S/C10H17/c1-5-10(4)8-6-7-9(2)3/h9-10H,1,5,7H2,2-4H3. The summed E-state index contributed by atoms with van der Waals surface area (Å²) in [6, 6.07) is 0. The van der Waals surface area contributed by atoms with Crippen LogP contribution in [0, 0.1) is 30.6 Å². The summed E-state index contributed by atoms with van der Waals surface area (Å²) in [6.45, 7) is 10.3. The topological polar surface area (TPSA) is 0 Å². The van der Waals surface area contributed by atoms with Gasteiger partial charge in [0.25, 0.3) is 0 Å². The van der Waals surface area contributed by atoms with Crippen molar-refractivity contribution in [1.29, 1.82) is 0 Å². The molecule has 10 heavy (non-hydrogen) atoms. The molecule has 0 heterocycles. The molecule has 0 rings (SSSR count). The molecule has 0 nitrogen and oxygen atoms in total. The Kier molecular flexibility index (Phi) is 5.12. The van der Waals surface area contributed by atoms with Crippen molar-refractivity contribution in [2.24, 2.45) is 11.8 Å². The van der Waals surface area contributed by atoms with Gasteiger partial charge in [0, 0.05) is 12.3 Å². The second-order valence-electron chi connectivity index (χ2n) is 3.11. The molecular formula is C10H17. The lowest BCUT2D eigenvalue weighted by Gasteiger charge is -1.96. The van der Waals surface area contributed by atoms with Crippen molar-refractivity contribution in [3.05, 3.63) is 6.92 Å². The van der Waals surface area contributed by atoms with Crippen molar-refractivity contribution in [1.82, 2.24) is 0 Å². The molecule has 0 fully saturated rings. The van der Waals surface area contributed by atoms with Crippen LogP contribution in [0.2, 0.25) is 0 Å². The zero-order valence-corrected chi connectivity index (χ0v) is 7.28. The lowest BCUT2D eigenvalue weighted by atomic mass is 10.1. The molecule has 0 saturated carbocycles. The third-order valence-electron chi connectivity index (χ3n) is 1.29. The maximum atomic E-state index is 3.78. The fourth-order valence-electron chi connectivity index (χ4n) is 0.509. The molecule has 0 aromatic carbocycles. The van der Waals surface area contributed by atoms with Crippen molar-refractivity contribution in [3.63, 3.8) is 0 Å². The van der Waals surface area contributed by atoms with Crippen molar-refractivity contribution in [3.8, 4) is 11.8 Å². The summed E-state index contributed by atoms with van der Waals surface area (Å²) in [5.74, 6) is 7.47. The predicted octanol–water partition coefficient (Wildman–Crippen LogP) is 2.90. The first-order chi connectivity index (χ1) is 4.66. The summed E-state index contributed by atoms with van der Waals surface area (Å²) < 4.78 is 0. The van der Waals surface area contributed by atoms with E-state index in [1.165, 1.54) is 0 Å². The second kappa shape index (κ2) is 5.35. The van der Waals surface area contributed by atoms with Crippen LogP contribution in [0.3, 0.4) is 0 Å². The Labute approximate surface area is 65.0 Å². The first-order valence-electron chi connectivity index (χ1n) is 3.94. The SMILES string of the molecule is [CH2]CC(C)C#CCC(C)C. The smallest absolute Gasteiger partial charge is 0.0174 e. The van der Waals surface area contributed by atoms with E-state index in [1.807, 2.05) is 0 Å². The van der Waals surface area contributed by atoms with Crippen molar-refractivity contribution in [2.75, 3.05) is 0 Å². The molecule has 0 amide bonds. The Hall–Kier alpha value is -0.440. The lowest BCUT2D eigenvalue weighted by Crippen LogP contribution is -1.87. The Morgan fingerprint density at radius 1 is 1.30 bits per heavy atom. The van der Waals surface area contributed by atoms with E-state index < -0.39 is 0 Å². The fraction of sp³-hybridized carbons (Fsp3) is 0.700. The van der Waals surface area contributed by atoms with Gasteiger partial charge in [-0.05, 0) is 12.3 Å². The molecule has 1 unspecified atom stereocenters. The first kappa shape index (κ1) is 9.56. The Balaban J connectivity index is 3.48. The quantitative estimate of drug-likeness (QED) is 0.513. The van der Waals surface area contributed by atoms with Gasteiger partial charge in [-0.25, -0.2) is 0 Å². The third kappa shape index (κ3) is 5.69. The minimum Gasteiger partial charge on any atom is -0.103 e. The molecule has 0 saturated heterocycles. The van der Waals surface area contributed by atoms with Crippen molar-refractivity contribution >= 4 is 0 Å².